The maximum Gasteiger partial charge on any atom is 0.223 e. The molecular weight excluding hydrogens is 348 g/mol. The first-order valence-electron chi connectivity index (χ1n) is 11.5. The van der Waals surface area contributed by atoms with Crippen LogP contribution in [0.2, 0.25) is 0 Å². The highest BCUT2D eigenvalue weighted by molar-refractivity contribution is 5.86. The summed E-state index contributed by atoms with van der Waals surface area (Å²) in [6, 6.07) is 0. The van der Waals surface area contributed by atoms with Crippen molar-refractivity contribution in [2.75, 3.05) is 13.1 Å². The molecule has 0 aromatic heterocycles. The maximum absolute atomic E-state index is 12.6. The molecule has 0 aliphatic heterocycles. The van der Waals surface area contributed by atoms with E-state index in [1.54, 1.807) is 0 Å². The molecule has 0 radical (unpaired) electrons. The summed E-state index contributed by atoms with van der Waals surface area (Å²) in [6.07, 6.45) is 8.47. The highest BCUT2D eigenvalue weighted by Crippen LogP contribution is 2.34. The lowest BCUT2D eigenvalue weighted by Crippen LogP contribution is -2.41. The molecule has 0 saturated heterocycles. The van der Waals surface area contributed by atoms with Crippen LogP contribution in [-0.4, -0.2) is 30.3 Å². The molecule has 0 spiro atoms. The number of carbonyl (C=O) groups is 2. The summed E-state index contributed by atoms with van der Waals surface area (Å²) in [7, 11) is 0. The van der Waals surface area contributed by atoms with Crippen LogP contribution in [0, 0.1) is 29.1 Å². The van der Waals surface area contributed by atoms with Crippen molar-refractivity contribution >= 4 is 11.7 Å². The minimum atomic E-state index is -0.229. The van der Waals surface area contributed by atoms with Crippen LogP contribution in [0.3, 0.4) is 0 Å². The van der Waals surface area contributed by atoms with Gasteiger partial charge in [0, 0.05) is 29.3 Å². The van der Waals surface area contributed by atoms with Crippen LogP contribution < -0.4 is 10.6 Å². The van der Waals surface area contributed by atoms with E-state index in [-0.39, 0.29) is 28.7 Å². The first-order valence-corrected chi connectivity index (χ1v) is 11.5. The lowest BCUT2D eigenvalue weighted by molar-refractivity contribution is -0.132. The van der Waals surface area contributed by atoms with Gasteiger partial charge in [0.2, 0.25) is 5.91 Å². The fraction of sp³-hybridized carbons (Fsp3) is 0.917. The van der Waals surface area contributed by atoms with Crippen LogP contribution in [0.4, 0.5) is 0 Å². The van der Waals surface area contributed by atoms with Gasteiger partial charge in [-0.3, -0.25) is 9.59 Å². The smallest absolute Gasteiger partial charge is 0.223 e. The largest absolute Gasteiger partial charge is 0.356 e. The molecule has 2 aliphatic rings. The quantitative estimate of drug-likeness (QED) is 0.688. The third-order valence-corrected chi connectivity index (χ3v) is 6.66. The van der Waals surface area contributed by atoms with E-state index in [9.17, 15) is 9.59 Å². The van der Waals surface area contributed by atoms with E-state index in [0.717, 1.165) is 64.5 Å². The molecule has 2 saturated carbocycles. The molecule has 28 heavy (non-hydrogen) atoms. The van der Waals surface area contributed by atoms with Crippen molar-refractivity contribution in [3.63, 3.8) is 0 Å². The fourth-order valence-electron chi connectivity index (χ4n) is 4.71. The number of nitrogens with one attached hydrogen (secondary N) is 2. The van der Waals surface area contributed by atoms with Crippen molar-refractivity contribution in [2.45, 2.75) is 98.4 Å². The zero-order chi connectivity index (χ0) is 20.9. The minimum absolute atomic E-state index is 0.171. The van der Waals surface area contributed by atoms with Crippen LogP contribution in [0.1, 0.15) is 92.9 Å². The molecular formula is C24H44N2O2. The summed E-state index contributed by atoms with van der Waals surface area (Å²) in [5.41, 5.74) is -0.0579. The monoisotopic (exact) mass is 392 g/mol. The number of ketones is 1. The standard InChI is InChI=1S/C24H44N2O2/c1-23(2,3)21(27)19-11-7-17(8-12-19)15-25-22(28)20-13-9-18(10-14-20)16-26-24(4,5)6/h17-20,26H,7-16H2,1-6H3,(H,25,28). The Kier molecular flexibility index (Phi) is 8.13. The van der Waals surface area contributed by atoms with E-state index in [2.05, 4.69) is 31.4 Å². The minimum Gasteiger partial charge on any atom is -0.356 e. The number of hydrogen-bond acceptors (Lipinski definition) is 3. The zero-order valence-electron chi connectivity index (χ0n) is 19.2. The van der Waals surface area contributed by atoms with E-state index >= 15 is 0 Å². The fourth-order valence-corrected chi connectivity index (χ4v) is 4.71. The van der Waals surface area contributed by atoms with Gasteiger partial charge in [0.25, 0.3) is 0 Å². The lowest BCUT2D eigenvalue weighted by Gasteiger charge is -2.33. The van der Waals surface area contributed by atoms with Crippen LogP contribution in [-0.2, 0) is 9.59 Å². The molecule has 2 N–H and O–H groups in total. The van der Waals surface area contributed by atoms with Crippen molar-refractivity contribution in [1.29, 1.82) is 0 Å². The number of hydrogen-bond donors (Lipinski definition) is 2. The number of amides is 1. The van der Waals surface area contributed by atoms with Gasteiger partial charge in [-0.1, -0.05) is 20.8 Å². The highest BCUT2D eigenvalue weighted by Gasteiger charge is 2.33. The second-order valence-corrected chi connectivity index (χ2v) is 11.4. The van der Waals surface area contributed by atoms with Crippen LogP contribution in [0.15, 0.2) is 0 Å². The number of carbonyl (C=O) groups excluding carboxylic acids is 2. The number of Topliss-reactive ketones (excluding diaryl/α,β-unsaturated/α-hetero) is 1. The van der Waals surface area contributed by atoms with E-state index in [4.69, 9.17) is 0 Å². The molecule has 0 unspecified atom stereocenters. The van der Waals surface area contributed by atoms with Crippen molar-refractivity contribution < 1.29 is 9.59 Å². The Morgan fingerprint density at radius 3 is 1.64 bits per heavy atom. The van der Waals surface area contributed by atoms with Crippen molar-refractivity contribution in [3.05, 3.63) is 0 Å². The Bertz CT molecular complexity index is 514. The number of rotatable bonds is 6. The SMILES string of the molecule is CC(C)(C)NCC1CCC(C(=O)NCC2CCC(C(=O)C(C)(C)C)CC2)CC1. The molecule has 4 nitrogen and oxygen atoms in total. The van der Waals surface area contributed by atoms with Crippen molar-refractivity contribution in [3.8, 4) is 0 Å². The predicted octanol–water partition coefficient (Wildman–Crippen LogP) is 4.72. The lowest BCUT2D eigenvalue weighted by atomic mass is 9.73. The molecule has 0 atom stereocenters. The van der Waals surface area contributed by atoms with Crippen LogP contribution in [0.25, 0.3) is 0 Å². The van der Waals surface area contributed by atoms with Gasteiger partial charge in [0.15, 0.2) is 0 Å². The molecule has 0 aromatic carbocycles. The molecule has 4 heteroatoms. The molecule has 0 heterocycles. The first kappa shape index (κ1) is 23.4. The van der Waals surface area contributed by atoms with E-state index in [0.29, 0.717) is 17.6 Å². The molecule has 0 bridgehead atoms. The Hall–Kier alpha value is -0.900. The molecule has 1 amide bonds. The Morgan fingerprint density at radius 2 is 1.18 bits per heavy atom. The van der Waals surface area contributed by atoms with Crippen molar-refractivity contribution in [2.24, 2.45) is 29.1 Å². The second kappa shape index (κ2) is 9.73. The van der Waals surface area contributed by atoms with E-state index < -0.39 is 0 Å². The summed E-state index contributed by atoms with van der Waals surface area (Å²) in [5, 5.41) is 6.83. The van der Waals surface area contributed by atoms with Crippen LogP contribution in [0.5, 0.6) is 0 Å². The summed E-state index contributed by atoms with van der Waals surface area (Å²) in [6.45, 7) is 14.5. The molecule has 0 aromatic rings. The van der Waals surface area contributed by atoms with Crippen molar-refractivity contribution in [1.82, 2.24) is 10.6 Å². The Balaban J connectivity index is 1.64. The predicted molar refractivity (Wildman–Crippen MR) is 116 cm³/mol. The summed E-state index contributed by atoms with van der Waals surface area (Å²) < 4.78 is 0. The summed E-state index contributed by atoms with van der Waals surface area (Å²) >= 11 is 0. The van der Waals surface area contributed by atoms with Gasteiger partial charge in [-0.25, -0.2) is 0 Å². The summed E-state index contributed by atoms with van der Waals surface area (Å²) in [4.78, 5) is 25.0. The van der Waals surface area contributed by atoms with Gasteiger partial charge in [-0.05, 0) is 90.5 Å². The van der Waals surface area contributed by atoms with Gasteiger partial charge in [0.1, 0.15) is 5.78 Å². The third kappa shape index (κ3) is 7.50. The topological polar surface area (TPSA) is 58.2 Å². The van der Waals surface area contributed by atoms with Crippen LogP contribution >= 0.6 is 0 Å². The first-order chi connectivity index (χ1) is 13.0. The normalized spacial score (nSPS) is 29.4. The van der Waals surface area contributed by atoms with E-state index in [1.165, 1.54) is 0 Å². The average molecular weight is 393 g/mol. The molecule has 2 aliphatic carbocycles. The van der Waals surface area contributed by atoms with Gasteiger partial charge in [-0.2, -0.15) is 0 Å². The average Bonchev–Trinajstić information content (AvgIpc) is 2.63. The third-order valence-electron chi connectivity index (χ3n) is 6.66. The molecule has 2 fully saturated rings. The van der Waals surface area contributed by atoms with Gasteiger partial charge in [-0.15, -0.1) is 0 Å². The maximum atomic E-state index is 12.6. The molecule has 2 rings (SSSR count). The summed E-state index contributed by atoms with van der Waals surface area (Å²) in [5.74, 6) is 2.34. The van der Waals surface area contributed by atoms with E-state index in [1.807, 2.05) is 20.8 Å². The Labute approximate surface area is 173 Å². The van der Waals surface area contributed by atoms with Gasteiger partial charge in [0.05, 0.1) is 0 Å². The Morgan fingerprint density at radius 1 is 0.714 bits per heavy atom. The second-order valence-electron chi connectivity index (χ2n) is 11.4. The zero-order valence-corrected chi connectivity index (χ0v) is 19.2. The van der Waals surface area contributed by atoms with Gasteiger partial charge < -0.3 is 10.6 Å². The molecule has 162 valence electrons. The highest BCUT2D eigenvalue weighted by atomic mass is 16.2. The van der Waals surface area contributed by atoms with Gasteiger partial charge >= 0.3 is 0 Å².